The molecule has 3 aromatic rings. The number of aromatic hydroxyl groups is 1. The van der Waals surface area contributed by atoms with Crippen molar-refractivity contribution < 1.29 is 9.90 Å². The molecule has 0 saturated heterocycles. The molecule has 0 unspecified atom stereocenters. The largest absolute Gasteiger partial charge is 0.507 e. The number of halogens is 2. The first kappa shape index (κ1) is 17.8. The molecular formula is C16H12Cl2N6O2. The Kier molecular flexibility index (Phi) is 5.45. The van der Waals surface area contributed by atoms with Crippen molar-refractivity contribution in [3.05, 3.63) is 58.1 Å². The zero-order valence-corrected chi connectivity index (χ0v) is 14.7. The summed E-state index contributed by atoms with van der Waals surface area (Å²) < 4.78 is 0. The summed E-state index contributed by atoms with van der Waals surface area (Å²) in [6.07, 6.45) is 1.28. The number of rotatable bonds is 5. The maximum atomic E-state index is 11.9. The van der Waals surface area contributed by atoms with Crippen LogP contribution in [0.15, 0.2) is 47.6 Å². The van der Waals surface area contributed by atoms with E-state index in [9.17, 15) is 9.90 Å². The van der Waals surface area contributed by atoms with Gasteiger partial charge in [0.05, 0.1) is 11.2 Å². The van der Waals surface area contributed by atoms with E-state index in [4.69, 9.17) is 23.2 Å². The average molecular weight is 391 g/mol. The number of tetrazole rings is 1. The monoisotopic (exact) mass is 390 g/mol. The quantitative estimate of drug-likeness (QED) is 0.514. The van der Waals surface area contributed by atoms with Crippen molar-refractivity contribution >= 4 is 35.3 Å². The zero-order chi connectivity index (χ0) is 18.5. The minimum Gasteiger partial charge on any atom is -0.507 e. The second kappa shape index (κ2) is 7.94. The van der Waals surface area contributed by atoms with E-state index in [0.29, 0.717) is 27.0 Å². The highest BCUT2D eigenvalue weighted by molar-refractivity contribution is 6.33. The van der Waals surface area contributed by atoms with Gasteiger partial charge in [0, 0.05) is 16.1 Å². The van der Waals surface area contributed by atoms with Crippen LogP contribution in [0.2, 0.25) is 10.0 Å². The van der Waals surface area contributed by atoms with Crippen LogP contribution in [-0.2, 0) is 11.3 Å². The molecule has 0 bridgehead atoms. The minimum atomic E-state index is -0.467. The molecule has 1 amide bonds. The number of aromatic nitrogens is 4. The molecule has 0 aliphatic heterocycles. The predicted molar refractivity (Wildman–Crippen MR) is 97.1 cm³/mol. The lowest BCUT2D eigenvalue weighted by molar-refractivity contribution is -0.122. The number of hydrogen-bond donors (Lipinski definition) is 2. The van der Waals surface area contributed by atoms with E-state index >= 15 is 0 Å². The first-order valence-electron chi connectivity index (χ1n) is 7.36. The summed E-state index contributed by atoms with van der Waals surface area (Å²) in [5.74, 6) is -0.156. The molecule has 0 saturated carbocycles. The molecule has 10 heteroatoms. The normalized spacial score (nSPS) is 11.0. The summed E-state index contributed by atoms with van der Waals surface area (Å²) in [6.45, 7) is -0.184. The topological polar surface area (TPSA) is 105 Å². The fourth-order valence-corrected chi connectivity index (χ4v) is 2.43. The molecule has 3 rings (SSSR count). The van der Waals surface area contributed by atoms with Crippen LogP contribution >= 0.6 is 23.2 Å². The van der Waals surface area contributed by atoms with Crippen LogP contribution in [0, 0.1) is 0 Å². The third kappa shape index (κ3) is 4.35. The van der Waals surface area contributed by atoms with Crippen molar-refractivity contribution in [3.63, 3.8) is 0 Å². The number of nitrogens with one attached hydrogen (secondary N) is 1. The maximum Gasteiger partial charge on any atom is 0.263 e. The van der Waals surface area contributed by atoms with Gasteiger partial charge in [-0.15, -0.1) is 10.2 Å². The van der Waals surface area contributed by atoms with Gasteiger partial charge in [0.1, 0.15) is 12.3 Å². The lowest BCUT2D eigenvalue weighted by atomic mass is 10.2. The fourth-order valence-electron chi connectivity index (χ4n) is 2.03. The number of amides is 1. The molecule has 0 spiro atoms. The lowest BCUT2D eigenvalue weighted by Gasteiger charge is -2.00. The zero-order valence-electron chi connectivity index (χ0n) is 13.2. The summed E-state index contributed by atoms with van der Waals surface area (Å²) >= 11 is 11.9. The van der Waals surface area contributed by atoms with E-state index in [0.717, 1.165) is 4.80 Å². The summed E-state index contributed by atoms with van der Waals surface area (Å²) in [5, 5.41) is 26.2. The van der Waals surface area contributed by atoms with E-state index in [1.54, 1.807) is 30.3 Å². The molecule has 0 aliphatic carbocycles. The van der Waals surface area contributed by atoms with Crippen LogP contribution in [0.1, 0.15) is 5.56 Å². The molecule has 2 N–H and O–H groups in total. The molecule has 0 radical (unpaired) electrons. The molecule has 1 heterocycles. The number of hydrogen-bond acceptors (Lipinski definition) is 6. The van der Waals surface area contributed by atoms with Crippen LogP contribution in [0.5, 0.6) is 5.75 Å². The Morgan fingerprint density at radius 2 is 2.08 bits per heavy atom. The molecule has 8 nitrogen and oxygen atoms in total. The molecular weight excluding hydrogens is 379 g/mol. The SMILES string of the molecule is O=C(Cn1nnc(-c2ccccc2Cl)n1)NN=Cc1cc(Cl)ccc1O. The number of phenolic OH excluding ortho intramolecular Hbond substituents is 1. The minimum absolute atomic E-state index is 0.00489. The second-order valence-electron chi connectivity index (χ2n) is 5.12. The van der Waals surface area contributed by atoms with Crippen molar-refractivity contribution in [2.45, 2.75) is 6.54 Å². The van der Waals surface area contributed by atoms with Crippen molar-refractivity contribution in [2.24, 2.45) is 5.10 Å². The first-order valence-corrected chi connectivity index (χ1v) is 8.11. The van der Waals surface area contributed by atoms with Crippen molar-refractivity contribution in [1.29, 1.82) is 0 Å². The summed E-state index contributed by atoms with van der Waals surface area (Å²) in [7, 11) is 0. The number of hydrazone groups is 1. The van der Waals surface area contributed by atoms with Crippen molar-refractivity contribution in [1.82, 2.24) is 25.6 Å². The van der Waals surface area contributed by atoms with Crippen LogP contribution in [0.4, 0.5) is 0 Å². The Balaban J connectivity index is 1.61. The van der Waals surface area contributed by atoms with Crippen LogP contribution in [0.25, 0.3) is 11.4 Å². The Labute approximate surface area is 158 Å². The van der Waals surface area contributed by atoms with Gasteiger partial charge in [0.15, 0.2) is 0 Å². The third-order valence-corrected chi connectivity index (χ3v) is 3.80. The van der Waals surface area contributed by atoms with Crippen molar-refractivity contribution in [2.75, 3.05) is 0 Å². The standard InChI is InChI=1S/C16H12Cl2N6O2/c17-11-5-6-14(25)10(7-11)8-19-20-15(26)9-24-22-16(21-23-24)12-3-1-2-4-13(12)18/h1-8,25H,9H2,(H,20,26). The maximum absolute atomic E-state index is 11.9. The van der Waals surface area contributed by atoms with Crippen LogP contribution < -0.4 is 5.43 Å². The van der Waals surface area contributed by atoms with E-state index in [2.05, 4.69) is 25.9 Å². The van der Waals surface area contributed by atoms with Gasteiger partial charge in [-0.2, -0.15) is 9.90 Å². The predicted octanol–water partition coefficient (Wildman–Crippen LogP) is 2.50. The first-order chi connectivity index (χ1) is 12.5. The van der Waals surface area contributed by atoms with E-state index in [1.165, 1.54) is 18.3 Å². The molecule has 0 atom stereocenters. The highest BCUT2D eigenvalue weighted by Gasteiger charge is 2.11. The Morgan fingerprint density at radius 1 is 1.27 bits per heavy atom. The van der Waals surface area contributed by atoms with Gasteiger partial charge in [0.2, 0.25) is 5.82 Å². The van der Waals surface area contributed by atoms with E-state index < -0.39 is 5.91 Å². The fraction of sp³-hybridized carbons (Fsp3) is 0.0625. The molecule has 0 fully saturated rings. The average Bonchev–Trinajstić information content (AvgIpc) is 3.06. The molecule has 26 heavy (non-hydrogen) atoms. The molecule has 132 valence electrons. The van der Waals surface area contributed by atoms with Gasteiger partial charge < -0.3 is 5.11 Å². The van der Waals surface area contributed by atoms with Gasteiger partial charge in [0.25, 0.3) is 5.91 Å². The Bertz CT molecular complexity index is 973. The smallest absolute Gasteiger partial charge is 0.263 e. The molecule has 1 aromatic heterocycles. The summed E-state index contributed by atoms with van der Waals surface area (Å²) in [4.78, 5) is 13.0. The van der Waals surface area contributed by atoms with E-state index in [1.807, 2.05) is 0 Å². The molecule has 0 aliphatic rings. The second-order valence-corrected chi connectivity index (χ2v) is 5.96. The van der Waals surface area contributed by atoms with Crippen molar-refractivity contribution in [3.8, 4) is 17.1 Å². The van der Waals surface area contributed by atoms with Crippen LogP contribution in [-0.4, -0.2) is 37.4 Å². The Hall–Kier alpha value is -2.97. The van der Waals surface area contributed by atoms with Gasteiger partial charge in [-0.25, -0.2) is 5.43 Å². The van der Waals surface area contributed by atoms with Gasteiger partial charge in [-0.1, -0.05) is 35.3 Å². The summed E-state index contributed by atoms with van der Waals surface area (Å²) in [5.41, 5.74) is 3.30. The van der Waals surface area contributed by atoms with Crippen LogP contribution in [0.3, 0.4) is 0 Å². The number of nitrogens with zero attached hydrogens (tertiary/aromatic N) is 5. The number of benzene rings is 2. The lowest BCUT2D eigenvalue weighted by Crippen LogP contribution is -2.24. The van der Waals surface area contributed by atoms with Gasteiger partial charge in [-0.05, 0) is 35.5 Å². The van der Waals surface area contributed by atoms with E-state index in [-0.39, 0.29) is 12.3 Å². The Morgan fingerprint density at radius 3 is 2.88 bits per heavy atom. The number of carbonyl (C=O) groups is 1. The summed E-state index contributed by atoms with van der Waals surface area (Å²) in [6, 6.07) is 11.5. The number of carbonyl (C=O) groups excluding carboxylic acids is 1. The van der Waals surface area contributed by atoms with Gasteiger partial charge >= 0.3 is 0 Å². The van der Waals surface area contributed by atoms with Gasteiger partial charge in [-0.3, -0.25) is 4.79 Å². The third-order valence-electron chi connectivity index (χ3n) is 3.24. The number of phenols is 1. The highest BCUT2D eigenvalue weighted by Crippen LogP contribution is 2.23. The highest BCUT2D eigenvalue weighted by atomic mass is 35.5. The molecule has 2 aromatic carbocycles.